The van der Waals surface area contributed by atoms with Gasteiger partial charge in [0.05, 0.1) is 24.4 Å². The summed E-state index contributed by atoms with van der Waals surface area (Å²) in [5, 5.41) is 1.47. The molecule has 5 heteroatoms. The van der Waals surface area contributed by atoms with Gasteiger partial charge in [0.15, 0.2) is 0 Å². The Labute approximate surface area is 186 Å². The lowest BCUT2D eigenvalue weighted by Crippen LogP contribution is -2.50. The zero-order valence-corrected chi connectivity index (χ0v) is 18.6. The molecular weight excluding hydrogens is 404 g/mol. The van der Waals surface area contributed by atoms with Crippen LogP contribution in [0.5, 0.6) is 0 Å². The van der Waals surface area contributed by atoms with Gasteiger partial charge in [-0.25, -0.2) is 0 Å². The molecule has 1 unspecified atom stereocenters. The number of nitrogens with zero attached hydrogens (tertiary/aromatic N) is 2. The van der Waals surface area contributed by atoms with E-state index >= 15 is 0 Å². The molecule has 2 bridgehead atoms. The summed E-state index contributed by atoms with van der Waals surface area (Å²) in [6, 6.07) is 19.6. The van der Waals surface area contributed by atoms with Gasteiger partial charge in [-0.15, -0.1) is 0 Å². The van der Waals surface area contributed by atoms with E-state index in [-0.39, 0.29) is 23.2 Å². The van der Waals surface area contributed by atoms with Crippen molar-refractivity contribution in [2.45, 2.75) is 35.6 Å². The number of allylic oxidation sites excluding steroid dienone is 1. The Morgan fingerprint density at radius 1 is 1.13 bits per heavy atom. The fourth-order valence-corrected chi connectivity index (χ4v) is 7.29. The number of benzene rings is 2. The number of hydrogen-bond acceptors (Lipinski definition) is 4. The molecule has 1 saturated heterocycles. The van der Waals surface area contributed by atoms with Crippen molar-refractivity contribution >= 4 is 28.6 Å². The van der Waals surface area contributed by atoms with Crippen LogP contribution in [0.2, 0.25) is 0 Å². The lowest BCUT2D eigenvalue weighted by molar-refractivity contribution is -0.144. The summed E-state index contributed by atoms with van der Waals surface area (Å²) < 4.78 is 7.90. The van der Waals surface area contributed by atoms with E-state index in [2.05, 4.69) is 77.1 Å². The van der Waals surface area contributed by atoms with Gasteiger partial charge in [-0.3, -0.25) is 9.69 Å². The van der Waals surface area contributed by atoms with Crippen molar-refractivity contribution in [1.29, 1.82) is 0 Å². The standard InChI is InChI=1S/C26H26N2O2S/c1-3-16-14-27-15-22(31-17-9-5-4-6-10-17)28-20-12-8-7-11-18(20)23-24(26(29)30-2)19(16)13-21(27)25(23)28/h3-12,19,21-22,24H,13-15H2,1-2H3/b16-3-/t19-,21-,22?,24-/m1/s1. The molecule has 0 saturated carbocycles. The third-order valence-electron chi connectivity index (χ3n) is 7.32. The average molecular weight is 431 g/mol. The molecular formula is C26H26N2O2S. The van der Waals surface area contributed by atoms with Crippen LogP contribution in [0.1, 0.15) is 41.9 Å². The first-order valence-corrected chi connectivity index (χ1v) is 11.9. The molecule has 0 spiro atoms. The lowest BCUT2D eigenvalue weighted by atomic mass is 9.68. The highest BCUT2D eigenvalue weighted by atomic mass is 32.2. The average Bonchev–Trinajstić information content (AvgIpc) is 3.15. The van der Waals surface area contributed by atoms with Gasteiger partial charge in [-0.2, -0.15) is 0 Å². The minimum absolute atomic E-state index is 0.103. The van der Waals surface area contributed by atoms with Crippen LogP contribution < -0.4 is 0 Å². The largest absolute Gasteiger partial charge is 0.469 e. The number of fused-ring (bicyclic) bond motifs is 4. The summed E-state index contributed by atoms with van der Waals surface area (Å²) in [7, 11) is 1.53. The smallest absolute Gasteiger partial charge is 0.313 e. The molecule has 0 amide bonds. The van der Waals surface area contributed by atoms with Crippen molar-refractivity contribution in [2.75, 3.05) is 20.2 Å². The molecule has 4 nitrogen and oxygen atoms in total. The van der Waals surface area contributed by atoms with Gasteiger partial charge in [0.2, 0.25) is 0 Å². The first-order valence-electron chi connectivity index (χ1n) is 11.0. The van der Waals surface area contributed by atoms with Gasteiger partial charge in [-0.05, 0) is 37.1 Å². The third kappa shape index (κ3) is 2.76. The Morgan fingerprint density at radius 3 is 2.68 bits per heavy atom. The Bertz CT molecular complexity index is 1200. The molecule has 1 fully saturated rings. The maximum Gasteiger partial charge on any atom is 0.313 e. The fourth-order valence-electron chi connectivity index (χ4n) is 6.06. The number of hydrogen-bond donors (Lipinski definition) is 0. The van der Waals surface area contributed by atoms with E-state index in [0.717, 1.165) is 19.5 Å². The first kappa shape index (κ1) is 19.2. The summed E-state index contributed by atoms with van der Waals surface area (Å²) in [5.74, 6) is -0.103. The number of esters is 1. The molecule has 0 radical (unpaired) electrons. The molecule has 6 rings (SSSR count). The van der Waals surface area contributed by atoms with Gasteiger partial charge < -0.3 is 9.30 Å². The number of rotatable bonds is 3. The van der Waals surface area contributed by atoms with E-state index < -0.39 is 0 Å². The number of aromatic nitrogens is 1. The molecule has 3 heterocycles. The number of para-hydroxylation sites is 1. The van der Waals surface area contributed by atoms with Crippen LogP contribution in [-0.2, 0) is 9.53 Å². The molecule has 3 aliphatic rings. The number of carbonyl (C=O) groups excluding carboxylic acids is 1. The fraction of sp³-hybridized carbons (Fsp3) is 0.346. The Balaban J connectivity index is 1.61. The summed E-state index contributed by atoms with van der Waals surface area (Å²) in [6.45, 7) is 4.05. The Hall–Kier alpha value is -2.50. The second kappa shape index (κ2) is 7.28. The van der Waals surface area contributed by atoms with E-state index in [1.54, 1.807) is 0 Å². The number of ether oxygens (including phenoxy) is 1. The van der Waals surface area contributed by atoms with Crippen LogP contribution in [0.4, 0.5) is 0 Å². The monoisotopic (exact) mass is 430 g/mol. The topological polar surface area (TPSA) is 34.5 Å². The zero-order valence-electron chi connectivity index (χ0n) is 17.8. The minimum Gasteiger partial charge on any atom is -0.469 e. The highest BCUT2D eigenvalue weighted by Crippen LogP contribution is 2.57. The van der Waals surface area contributed by atoms with E-state index in [9.17, 15) is 4.79 Å². The quantitative estimate of drug-likeness (QED) is 0.404. The molecule has 2 aromatic carbocycles. The molecule has 31 heavy (non-hydrogen) atoms. The number of methoxy groups -OCH3 is 1. The Kier molecular flexibility index (Phi) is 4.51. The van der Waals surface area contributed by atoms with Gasteiger partial charge in [0.25, 0.3) is 0 Å². The lowest BCUT2D eigenvalue weighted by Gasteiger charge is -2.51. The van der Waals surface area contributed by atoms with E-state index in [0.29, 0.717) is 6.04 Å². The summed E-state index contributed by atoms with van der Waals surface area (Å²) in [6.07, 6.45) is 3.22. The molecule has 3 aromatic rings. The Morgan fingerprint density at radius 2 is 1.90 bits per heavy atom. The number of thioether (sulfide) groups is 1. The molecule has 1 aliphatic carbocycles. The van der Waals surface area contributed by atoms with Crippen LogP contribution in [0.3, 0.4) is 0 Å². The predicted octanol–water partition coefficient (Wildman–Crippen LogP) is 5.53. The van der Waals surface area contributed by atoms with Gasteiger partial charge >= 0.3 is 5.97 Å². The van der Waals surface area contributed by atoms with Crippen molar-refractivity contribution in [1.82, 2.24) is 9.47 Å². The molecule has 158 valence electrons. The number of carbonyl (C=O) groups is 1. The second-order valence-corrected chi connectivity index (χ2v) is 9.97. The summed E-state index contributed by atoms with van der Waals surface area (Å²) in [5.41, 5.74) is 5.15. The van der Waals surface area contributed by atoms with Gasteiger partial charge in [-0.1, -0.05) is 59.8 Å². The van der Waals surface area contributed by atoms with Crippen LogP contribution in [0.15, 0.2) is 71.1 Å². The molecule has 4 atom stereocenters. The molecule has 2 aliphatic heterocycles. The van der Waals surface area contributed by atoms with Gasteiger partial charge in [0.1, 0.15) is 0 Å². The van der Waals surface area contributed by atoms with E-state index in [1.165, 1.54) is 39.7 Å². The minimum atomic E-state index is -0.226. The van der Waals surface area contributed by atoms with Crippen LogP contribution in [-0.4, -0.2) is 35.6 Å². The highest BCUT2D eigenvalue weighted by Gasteiger charge is 2.51. The maximum atomic E-state index is 13.1. The van der Waals surface area contributed by atoms with Crippen molar-refractivity contribution < 1.29 is 9.53 Å². The molecule has 0 N–H and O–H groups in total. The number of piperidine rings is 1. The van der Waals surface area contributed by atoms with Crippen molar-refractivity contribution in [3.8, 4) is 0 Å². The van der Waals surface area contributed by atoms with Crippen LogP contribution in [0, 0.1) is 5.92 Å². The van der Waals surface area contributed by atoms with Crippen LogP contribution >= 0.6 is 11.8 Å². The van der Waals surface area contributed by atoms with Crippen molar-refractivity contribution in [3.05, 3.63) is 77.5 Å². The predicted molar refractivity (Wildman–Crippen MR) is 124 cm³/mol. The SMILES string of the molecule is C/C=C1/CN2CC(Sc3ccccc3)n3c4c(c5ccccc53)[C@H](C(=O)OC)[C@@H]1C[C@H]42. The van der Waals surface area contributed by atoms with E-state index in [1.807, 2.05) is 11.8 Å². The third-order valence-corrected chi connectivity index (χ3v) is 8.49. The summed E-state index contributed by atoms with van der Waals surface area (Å²) in [4.78, 5) is 17.1. The zero-order chi connectivity index (χ0) is 21.1. The summed E-state index contributed by atoms with van der Waals surface area (Å²) >= 11 is 1.92. The normalized spacial score (nSPS) is 28.1. The first-order chi connectivity index (χ1) is 15.2. The second-order valence-electron chi connectivity index (χ2n) is 8.72. The molecule has 1 aromatic heterocycles. The van der Waals surface area contributed by atoms with Crippen molar-refractivity contribution in [2.24, 2.45) is 5.92 Å². The van der Waals surface area contributed by atoms with E-state index in [4.69, 9.17) is 4.74 Å². The van der Waals surface area contributed by atoms with Crippen molar-refractivity contribution in [3.63, 3.8) is 0 Å². The van der Waals surface area contributed by atoms with Gasteiger partial charge in [0, 0.05) is 40.5 Å². The highest BCUT2D eigenvalue weighted by molar-refractivity contribution is 7.99. The maximum absolute atomic E-state index is 13.1. The van der Waals surface area contributed by atoms with Crippen LogP contribution in [0.25, 0.3) is 10.9 Å².